The van der Waals surface area contributed by atoms with Crippen LogP contribution in [0, 0.1) is 17.1 Å². The van der Waals surface area contributed by atoms with Crippen LogP contribution in [0.2, 0.25) is 0 Å². The number of hydrogen-bond donors (Lipinski definition) is 1. The number of nitrogens with zero attached hydrogens (tertiary/aromatic N) is 3. The molecule has 2 heterocycles. The molecular weight excluding hydrogens is 431 g/mol. The smallest absolute Gasteiger partial charge is 0.255 e. The Morgan fingerprint density at radius 3 is 2.53 bits per heavy atom. The van der Waals surface area contributed by atoms with Crippen LogP contribution in [0.15, 0.2) is 66.7 Å². The maximum Gasteiger partial charge on any atom is 0.255 e. The number of benzene rings is 3. The van der Waals surface area contributed by atoms with E-state index in [4.69, 9.17) is 5.26 Å². The van der Waals surface area contributed by atoms with Crippen LogP contribution in [0.3, 0.4) is 0 Å². The fourth-order valence-corrected chi connectivity index (χ4v) is 4.82. The Morgan fingerprint density at radius 1 is 1.03 bits per heavy atom. The van der Waals surface area contributed by atoms with Crippen molar-refractivity contribution in [1.29, 1.82) is 5.26 Å². The number of fused-ring (bicyclic) bond motifs is 1. The summed E-state index contributed by atoms with van der Waals surface area (Å²) in [5.41, 5.74) is 4.43. The predicted molar refractivity (Wildman–Crippen MR) is 128 cm³/mol. The van der Waals surface area contributed by atoms with E-state index in [2.05, 4.69) is 16.3 Å². The number of nitrogens with one attached hydrogen (secondary N) is 1. The van der Waals surface area contributed by atoms with Gasteiger partial charge >= 0.3 is 0 Å². The van der Waals surface area contributed by atoms with Gasteiger partial charge in [-0.25, -0.2) is 4.39 Å². The Labute approximate surface area is 197 Å². The molecule has 1 fully saturated rings. The van der Waals surface area contributed by atoms with Gasteiger partial charge in [-0.15, -0.1) is 0 Å². The highest BCUT2D eigenvalue weighted by Crippen LogP contribution is 2.37. The van der Waals surface area contributed by atoms with Crippen molar-refractivity contribution in [2.75, 3.05) is 28.2 Å². The Hall–Kier alpha value is -4.18. The normalized spacial score (nSPS) is 17.3. The summed E-state index contributed by atoms with van der Waals surface area (Å²) < 4.78 is 13.2. The Kier molecular flexibility index (Phi) is 5.72. The zero-order valence-corrected chi connectivity index (χ0v) is 18.5. The van der Waals surface area contributed by atoms with E-state index in [9.17, 15) is 14.0 Å². The van der Waals surface area contributed by atoms with Gasteiger partial charge in [0.1, 0.15) is 11.9 Å². The van der Waals surface area contributed by atoms with Crippen molar-refractivity contribution in [3.8, 4) is 6.07 Å². The number of anilines is 3. The Balaban J connectivity index is 1.38. The molecule has 1 saturated heterocycles. The molecule has 0 radical (unpaired) electrons. The lowest BCUT2D eigenvalue weighted by Crippen LogP contribution is -2.44. The standard InChI is InChI=1S/C27H23FN4O2/c28-20-10-8-19(9-11-20)26(33)30-23-4-1-5-24-22(23)3-2-15-32(24)25-14-16-31(27(25)34)21-12-6-18(17-29)7-13-21/h1,4-13,25H,2-3,14-16H2,(H,30,33). The molecule has 2 amide bonds. The van der Waals surface area contributed by atoms with Crippen LogP contribution in [0.4, 0.5) is 21.5 Å². The number of rotatable bonds is 4. The van der Waals surface area contributed by atoms with Crippen molar-refractivity contribution in [1.82, 2.24) is 0 Å². The molecule has 0 saturated carbocycles. The summed E-state index contributed by atoms with van der Waals surface area (Å²) in [6.07, 6.45) is 2.37. The predicted octanol–water partition coefficient (Wildman–Crippen LogP) is 4.51. The molecule has 2 aliphatic heterocycles. The van der Waals surface area contributed by atoms with Crippen molar-refractivity contribution in [2.45, 2.75) is 25.3 Å². The number of amides is 2. The number of hydrogen-bond acceptors (Lipinski definition) is 4. The van der Waals surface area contributed by atoms with Gasteiger partial charge in [0, 0.05) is 35.7 Å². The van der Waals surface area contributed by atoms with Crippen LogP contribution < -0.4 is 15.1 Å². The van der Waals surface area contributed by atoms with Gasteiger partial charge in [-0.1, -0.05) is 6.07 Å². The molecule has 2 aliphatic rings. The summed E-state index contributed by atoms with van der Waals surface area (Å²) in [5.74, 6) is -0.645. The van der Waals surface area contributed by atoms with Crippen LogP contribution in [-0.4, -0.2) is 30.9 Å². The molecule has 0 aromatic heterocycles. The molecular formula is C27H23FN4O2. The molecule has 6 nitrogen and oxygen atoms in total. The molecule has 3 aromatic rings. The highest BCUT2D eigenvalue weighted by Gasteiger charge is 2.38. The second kappa shape index (κ2) is 8.99. The lowest BCUT2D eigenvalue weighted by atomic mass is 9.97. The molecule has 3 aromatic carbocycles. The first kappa shape index (κ1) is 21.7. The quantitative estimate of drug-likeness (QED) is 0.630. The molecule has 0 bridgehead atoms. The summed E-state index contributed by atoms with van der Waals surface area (Å²) in [6.45, 7) is 1.38. The molecule has 0 spiro atoms. The van der Waals surface area contributed by atoms with E-state index in [1.165, 1.54) is 24.3 Å². The topological polar surface area (TPSA) is 76.4 Å². The van der Waals surface area contributed by atoms with Crippen LogP contribution in [-0.2, 0) is 11.2 Å². The minimum Gasteiger partial charge on any atom is -0.359 e. The second-order valence-corrected chi connectivity index (χ2v) is 8.51. The SMILES string of the molecule is N#Cc1ccc(N2CCC(N3CCCc4c(NC(=O)c5ccc(F)cc5)cccc43)C2=O)cc1. The van der Waals surface area contributed by atoms with Crippen LogP contribution in [0.25, 0.3) is 0 Å². The minimum absolute atomic E-state index is 0.0401. The van der Waals surface area contributed by atoms with Crippen molar-refractivity contribution in [3.63, 3.8) is 0 Å². The molecule has 5 rings (SSSR count). The summed E-state index contributed by atoms with van der Waals surface area (Å²) in [5, 5.41) is 12.0. The van der Waals surface area contributed by atoms with Crippen LogP contribution in [0.1, 0.15) is 34.3 Å². The lowest BCUT2D eigenvalue weighted by molar-refractivity contribution is -0.118. The summed E-state index contributed by atoms with van der Waals surface area (Å²) in [6, 6.07) is 20.1. The van der Waals surface area contributed by atoms with Gasteiger partial charge in [-0.2, -0.15) is 5.26 Å². The second-order valence-electron chi connectivity index (χ2n) is 8.51. The van der Waals surface area contributed by atoms with Gasteiger partial charge in [0.15, 0.2) is 0 Å². The van der Waals surface area contributed by atoms with Crippen molar-refractivity contribution in [3.05, 3.63) is 89.2 Å². The first-order chi connectivity index (χ1) is 16.5. The van der Waals surface area contributed by atoms with Crippen molar-refractivity contribution >= 4 is 28.9 Å². The zero-order valence-electron chi connectivity index (χ0n) is 18.5. The van der Waals surface area contributed by atoms with Crippen molar-refractivity contribution < 1.29 is 14.0 Å². The summed E-state index contributed by atoms with van der Waals surface area (Å²) >= 11 is 0. The average Bonchev–Trinajstić information content (AvgIpc) is 3.25. The number of halogens is 1. The third-order valence-corrected chi connectivity index (χ3v) is 6.50. The number of carbonyl (C=O) groups excluding carboxylic acids is 2. The van der Waals surface area contributed by atoms with Crippen molar-refractivity contribution in [2.24, 2.45) is 0 Å². The number of nitriles is 1. The lowest BCUT2D eigenvalue weighted by Gasteiger charge is -2.36. The number of carbonyl (C=O) groups is 2. The molecule has 1 N–H and O–H groups in total. The van der Waals surface area contributed by atoms with Gasteiger partial charge in [-0.3, -0.25) is 9.59 Å². The van der Waals surface area contributed by atoms with E-state index < -0.39 is 0 Å². The first-order valence-corrected chi connectivity index (χ1v) is 11.3. The van der Waals surface area contributed by atoms with Crippen LogP contribution >= 0.6 is 0 Å². The maximum atomic E-state index is 13.4. The van der Waals surface area contributed by atoms with E-state index in [0.29, 0.717) is 29.8 Å². The maximum absolute atomic E-state index is 13.4. The third kappa shape index (κ3) is 3.99. The monoisotopic (exact) mass is 454 g/mol. The van der Waals surface area contributed by atoms with Gasteiger partial charge < -0.3 is 15.1 Å². The van der Waals surface area contributed by atoms with E-state index in [0.717, 1.165) is 36.3 Å². The molecule has 34 heavy (non-hydrogen) atoms. The van der Waals surface area contributed by atoms with E-state index in [1.807, 2.05) is 30.3 Å². The molecule has 1 atom stereocenters. The van der Waals surface area contributed by atoms with Gasteiger partial charge in [-0.05, 0) is 85.5 Å². The summed E-state index contributed by atoms with van der Waals surface area (Å²) in [4.78, 5) is 30.0. The zero-order chi connectivity index (χ0) is 23.7. The molecule has 7 heteroatoms. The molecule has 1 unspecified atom stereocenters. The van der Waals surface area contributed by atoms with E-state index in [-0.39, 0.29) is 23.7 Å². The Bertz CT molecular complexity index is 1280. The fourth-order valence-electron chi connectivity index (χ4n) is 4.82. The highest BCUT2D eigenvalue weighted by atomic mass is 19.1. The van der Waals surface area contributed by atoms with E-state index in [1.54, 1.807) is 17.0 Å². The molecule has 170 valence electrons. The summed E-state index contributed by atoms with van der Waals surface area (Å²) in [7, 11) is 0. The largest absolute Gasteiger partial charge is 0.359 e. The average molecular weight is 455 g/mol. The van der Waals surface area contributed by atoms with Gasteiger partial charge in [0.05, 0.1) is 11.6 Å². The first-order valence-electron chi connectivity index (χ1n) is 11.3. The Morgan fingerprint density at radius 2 is 1.79 bits per heavy atom. The van der Waals surface area contributed by atoms with Gasteiger partial charge in [0.2, 0.25) is 5.91 Å². The van der Waals surface area contributed by atoms with Crippen LogP contribution in [0.5, 0.6) is 0 Å². The fraction of sp³-hybridized carbons (Fsp3) is 0.222. The highest BCUT2D eigenvalue weighted by molar-refractivity contribution is 6.05. The molecule has 0 aliphatic carbocycles. The minimum atomic E-state index is -0.388. The van der Waals surface area contributed by atoms with Gasteiger partial charge in [0.25, 0.3) is 5.91 Å². The van der Waals surface area contributed by atoms with E-state index >= 15 is 0 Å². The third-order valence-electron chi connectivity index (χ3n) is 6.50.